The molecule has 0 aliphatic carbocycles. The summed E-state index contributed by atoms with van der Waals surface area (Å²) in [6.45, 7) is 2.68. The van der Waals surface area contributed by atoms with Crippen molar-refractivity contribution in [2.45, 2.75) is 30.8 Å². The van der Waals surface area contributed by atoms with Crippen LogP contribution in [0.5, 0.6) is 5.75 Å². The van der Waals surface area contributed by atoms with Crippen molar-refractivity contribution in [2.24, 2.45) is 0 Å². The monoisotopic (exact) mass is 388 g/mol. The number of hydrogen-bond acceptors (Lipinski definition) is 4. The highest BCUT2D eigenvalue weighted by Crippen LogP contribution is 2.35. The van der Waals surface area contributed by atoms with Crippen LogP contribution in [0.25, 0.3) is 0 Å². The molecule has 1 atom stereocenters. The molecule has 0 N–H and O–H groups in total. The molecule has 1 aliphatic heterocycles. The number of hydrogen-bond donors (Lipinski definition) is 0. The predicted molar refractivity (Wildman–Crippen MR) is 103 cm³/mol. The molecule has 0 saturated carbocycles. The molecule has 0 bridgehead atoms. The Balaban J connectivity index is 2.08. The molecule has 3 rings (SSSR count). The average Bonchev–Trinajstić information content (AvgIpc) is 2.73. The maximum Gasteiger partial charge on any atom is 0.245 e. The van der Waals surface area contributed by atoms with Gasteiger partial charge in [-0.05, 0) is 36.2 Å². The van der Waals surface area contributed by atoms with Gasteiger partial charge in [-0.1, -0.05) is 37.3 Å². The van der Waals surface area contributed by atoms with Gasteiger partial charge in [-0.15, -0.1) is 0 Å². The lowest BCUT2D eigenvalue weighted by molar-refractivity contribution is -0.138. The summed E-state index contributed by atoms with van der Waals surface area (Å²) < 4.78 is 33.3. The molecule has 6 nitrogen and oxygen atoms in total. The Labute approximate surface area is 160 Å². The van der Waals surface area contributed by atoms with Crippen LogP contribution >= 0.6 is 0 Å². The van der Waals surface area contributed by atoms with E-state index in [1.807, 2.05) is 12.1 Å². The smallest absolute Gasteiger partial charge is 0.245 e. The van der Waals surface area contributed by atoms with Crippen molar-refractivity contribution < 1.29 is 17.9 Å². The number of amides is 1. The summed E-state index contributed by atoms with van der Waals surface area (Å²) in [4.78, 5) is 14.5. The van der Waals surface area contributed by atoms with Gasteiger partial charge in [-0.2, -0.15) is 4.31 Å². The summed E-state index contributed by atoms with van der Waals surface area (Å²) in [7, 11) is -2.16. The molecular formula is C20H24N2O4S. The maximum atomic E-state index is 13.3. The molecule has 144 valence electrons. The van der Waals surface area contributed by atoms with Crippen LogP contribution < -0.4 is 4.74 Å². The number of ether oxygens (including phenoxy) is 1. The van der Waals surface area contributed by atoms with Gasteiger partial charge >= 0.3 is 0 Å². The summed E-state index contributed by atoms with van der Waals surface area (Å²) in [6.07, 6.45) is 0.262. The average molecular weight is 388 g/mol. The number of benzene rings is 2. The molecule has 1 saturated heterocycles. The van der Waals surface area contributed by atoms with E-state index in [-0.39, 0.29) is 10.8 Å². The Morgan fingerprint density at radius 1 is 1.07 bits per heavy atom. The molecule has 7 heteroatoms. The Bertz CT molecular complexity index is 882. The van der Waals surface area contributed by atoms with E-state index in [4.69, 9.17) is 4.74 Å². The zero-order valence-corrected chi connectivity index (χ0v) is 16.4. The van der Waals surface area contributed by atoms with E-state index in [2.05, 4.69) is 0 Å². The minimum Gasteiger partial charge on any atom is -0.497 e. The molecule has 1 amide bonds. The Morgan fingerprint density at radius 2 is 1.74 bits per heavy atom. The van der Waals surface area contributed by atoms with Crippen LogP contribution in [0.3, 0.4) is 0 Å². The first kappa shape index (κ1) is 19.4. The second-order valence-electron chi connectivity index (χ2n) is 6.37. The van der Waals surface area contributed by atoms with Crippen molar-refractivity contribution in [3.63, 3.8) is 0 Å². The summed E-state index contributed by atoms with van der Waals surface area (Å²) in [5, 5.41) is 0. The van der Waals surface area contributed by atoms with Crippen LogP contribution in [0.1, 0.15) is 31.5 Å². The summed E-state index contributed by atoms with van der Waals surface area (Å²) in [5.74, 6) is 0.615. The van der Waals surface area contributed by atoms with Crippen molar-refractivity contribution in [1.82, 2.24) is 9.21 Å². The SMILES string of the molecule is CCC(=O)N1CCCN(S(=O)(=O)c2ccccc2)[C@H]1c1ccc(OC)cc1. The molecule has 27 heavy (non-hydrogen) atoms. The van der Waals surface area contributed by atoms with E-state index in [9.17, 15) is 13.2 Å². The number of rotatable bonds is 5. The third-order valence-electron chi connectivity index (χ3n) is 4.73. The first-order valence-corrected chi connectivity index (χ1v) is 10.4. The standard InChI is InChI=1S/C20H24N2O4S/c1-3-19(23)21-14-7-15-22(27(24,25)18-8-5-4-6-9-18)20(21)16-10-12-17(26-2)13-11-16/h4-6,8-13,20H,3,7,14-15H2,1-2H3/t20-/m0/s1. The molecule has 1 aliphatic rings. The van der Waals surface area contributed by atoms with Gasteiger partial charge < -0.3 is 9.64 Å². The van der Waals surface area contributed by atoms with Gasteiger partial charge in [0, 0.05) is 19.5 Å². The zero-order valence-electron chi connectivity index (χ0n) is 15.5. The quantitative estimate of drug-likeness (QED) is 0.790. The van der Waals surface area contributed by atoms with E-state index in [0.29, 0.717) is 31.7 Å². The number of carbonyl (C=O) groups excluding carboxylic acids is 1. The van der Waals surface area contributed by atoms with Gasteiger partial charge in [-0.3, -0.25) is 4.79 Å². The third-order valence-corrected chi connectivity index (χ3v) is 6.60. The van der Waals surface area contributed by atoms with Gasteiger partial charge in [0.05, 0.1) is 12.0 Å². The van der Waals surface area contributed by atoms with Crippen molar-refractivity contribution in [3.8, 4) is 5.75 Å². The normalized spacial score (nSPS) is 18.3. The first-order chi connectivity index (χ1) is 13.0. The van der Waals surface area contributed by atoms with Gasteiger partial charge in [0.15, 0.2) is 0 Å². The minimum absolute atomic E-state index is 0.0659. The number of sulfonamides is 1. The second-order valence-corrected chi connectivity index (χ2v) is 8.26. The van der Waals surface area contributed by atoms with Gasteiger partial charge in [0.1, 0.15) is 11.9 Å². The highest BCUT2D eigenvalue weighted by Gasteiger charge is 2.40. The fourth-order valence-electron chi connectivity index (χ4n) is 3.36. The summed E-state index contributed by atoms with van der Waals surface area (Å²) in [6, 6.07) is 15.6. The minimum atomic E-state index is -3.74. The zero-order chi connectivity index (χ0) is 19.4. The van der Waals surface area contributed by atoms with E-state index < -0.39 is 16.2 Å². The van der Waals surface area contributed by atoms with Crippen LogP contribution in [-0.4, -0.2) is 43.7 Å². The number of nitrogens with zero attached hydrogens (tertiary/aromatic N) is 2. The number of carbonyl (C=O) groups is 1. The molecule has 2 aromatic carbocycles. The lowest BCUT2D eigenvalue weighted by Gasteiger charge is -2.43. The third kappa shape index (κ3) is 3.84. The van der Waals surface area contributed by atoms with Crippen LogP contribution in [-0.2, 0) is 14.8 Å². The van der Waals surface area contributed by atoms with Crippen LogP contribution in [0.4, 0.5) is 0 Å². The van der Waals surface area contributed by atoms with Gasteiger partial charge in [0.25, 0.3) is 0 Å². The van der Waals surface area contributed by atoms with E-state index in [0.717, 1.165) is 5.56 Å². The highest BCUT2D eigenvalue weighted by atomic mass is 32.2. The molecule has 2 aromatic rings. The Hall–Kier alpha value is -2.38. The van der Waals surface area contributed by atoms with E-state index >= 15 is 0 Å². The molecular weight excluding hydrogens is 364 g/mol. The van der Waals surface area contributed by atoms with Gasteiger partial charge in [-0.25, -0.2) is 8.42 Å². The maximum absolute atomic E-state index is 13.3. The molecule has 0 aromatic heterocycles. The molecule has 0 radical (unpaired) electrons. The van der Waals surface area contributed by atoms with Gasteiger partial charge in [0.2, 0.25) is 15.9 Å². The molecule has 0 unspecified atom stereocenters. The largest absolute Gasteiger partial charge is 0.497 e. The van der Waals surface area contributed by atoms with Crippen LogP contribution in [0.2, 0.25) is 0 Å². The molecule has 1 fully saturated rings. The number of methoxy groups -OCH3 is 1. The van der Waals surface area contributed by atoms with Crippen molar-refractivity contribution in [1.29, 1.82) is 0 Å². The lowest BCUT2D eigenvalue weighted by atomic mass is 10.1. The fraction of sp³-hybridized carbons (Fsp3) is 0.350. The summed E-state index contributed by atoms with van der Waals surface area (Å²) in [5.41, 5.74) is 0.747. The lowest BCUT2D eigenvalue weighted by Crippen LogP contribution is -2.51. The topological polar surface area (TPSA) is 66.9 Å². The van der Waals surface area contributed by atoms with Crippen LogP contribution in [0.15, 0.2) is 59.5 Å². The van der Waals surface area contributed by atoms with Crippen molar-refractivity contribution in [2.75, 3.05) is 20.2 Å². The highest BCUT2D eigenvalue weighted by molar-refractivity contribution is 7.89. The summed E-state index contributed by atoms with van der Waals surface area (Å²) >= 11 is 0. The van der Waals surface area contributed by atoms with Crippen molar-refractivity contribution >= 4 is 15.9 Å². The van der Waals surface area contributed by atoms with Crippen LogP contribution in [0, 0.1) is 0 Å². The molecule has 0 spiro atoms. The van der Waals surface area contributed by atoms with E-state index in [1.165, 1.54) is 4.31 Å². The predicted octanol–water partition coefficient (Wildman–Crippen LogP) is 3.03. The van der Waals surface area contributed by atoms with E-state index in [1.54, 1.807) is 61.4 Å². The Kier molecular flexibility index (Phi) is 5.82. The molecule has 1 heterocycles. The Morgan fingerprint density at radius 3 is 2.33 bits per heavy atom. The first-order valence-electron chi connectivity index (χ1n) is 8.99. The van der Waals surface area contributed by atoms with Crippen molar-refractivity contribution in [3.05, 3.63) is 60.2 Å². The fourth-order valence-corrected chi connectivity index (χ4v) is 5.00. The second kappa shape index (κ2) is 8.10.